The Balaban J connectivity index is 1.93. The van der Waals surface area contributed by atoms with E-state index in [9.17, 15) is 0 Å². The first-order valence-corrected chi connectivity index (χ1v) is 6.81. The van der Waals surface area contributed by atoms with Crippen LogP contribution >= 0.6 is 0 Å². The van der Waals surface area contributed by atoms with Crippen molar-refractivity contribution < 1.29 is 9.15 Å². The molecule has 0 saturated heterocycles. The molecular formula is C15H23N3O2. The minimum Gasteiger partial charge on any atom is -0.468 e. The van der Waals surface area contributed by atoms with Crippen LogP contribution in [0.3, 0.4) is 0 Å². The van der Waals surface area contributed by atoms with Gasteiger partial charge < -0.3 is 14.5 Å². The lowest BCUT2D eigenvalue weighted by molar-refractivity contribution is 0.254. The first-order chi connectivity index (χ1) is 9.33. The van der Waals surface area contributed by atoms with Crippen LogP contribution in [0.4, 0.5) is 0 Å². The molecular weight excluding hydrogens is 254 g/mol. The van der Waals surface area contributed by atoms with Crippen LogP contribution in [0.15, 0.2) is 16.5 Å². The zero-order chi connectivity index (χ0) is 14.8. The largest absolute Gasteiger partial charge is 0.468 e. The Kier molecular flexibility index (Phi) is 4.18. The summed E-state index contributed by atoms with van der Waals surface area (Å²) >= 11 is 0. The number of aryl methyl sites for hydroxylation is 2. The van der Waals surface area contributed by atoms with E-state index in [2.05, 4.69) is 36.3 Å². The normalized spacial score (nSPS) is 11.8. The number of aromatic amines is 1. The number of H-pyrrole nitrogens is 1. The van der Waals surface area contributed by atoms with Crippen LogP contribution in [0.1, 0.15) is 43.5 Å². The Hall–Kier alpha value is -1.75. The van der Waals surface area contributed by atoms with E-state index in [1.54, 1.807) is 0 Å². The molecule has 2 rings (SSSR count). The summed E-state index contributed by atoms with van der Waals surface area (Å²) < 4.78 is 11.4. The number of hydrogen-bond acceptors (Lipinski definition) is 4. The molecule has 0 bridgehead atoms. The van der Waals surface area contributed by atoms with Crippen molar-refractivity contribution in [2.75, 3.05) is 0 Å². The molecule has 0 atom stereocenters. The molecule has 0 unspecified atom stereocenters. The number of rotatable bonds is 5. The standard InChI is InChI=1S/C15H23N3O2/c1-10-6-12(9-19-14-7-11(2)17-18-14)20-13(10)8-16-15(3,4)5/h6-7,16H,8-9H2,1-5H3,(H,17,18). The van der Waals surface area contributed by atoms with Crippen molar-refractivity contribution in [3.05, 3.63) is 34.9 Å². The molecule has 0 aromatic carbocycles. The lowest BCUT2D eigenvalue weighted by atomic mass is 10.1. The molecule has 2 heterocycles. The van der Waals surface area contributed by atoms with Crippen LogP contribution in [-0.4, -0.2) is 15.7 Å². The Morgan fingerprint density at radius 3 is 2.65 bits per heavy atom. The Morgan fingerprint density at radius 1 is 1.30 bits per heavy atom. The second-order valence-electron chi connectivity index (χ2n) is 6.10. The third-order valence-corrected chi connectivity index (χ3v) is 2.90. The van der Waals surface area contributed by atoms with Crippen molar-refractivity contribution in [3.63, 3.8) is 0 Å². The highest BCUT2D eigenvalue weighted by Crippen LogP contribution is 2.17. The maximum absolute atomic E-state index is 5.81. The van der Waals surface area contributed by atoms with Gasteiger partial charge in [-0.3, -0.25) is 5.10 Å². The van der Waals surface area contributed by atoms with Crippen LogP contribution in [0.25, 0.3) is 0 Å². The molecule has 2 aromatic rings. The molecule has 0 aliphatic heterocycles. The SMILES string of the molecule is Cc1cc(OCc2cc(C)c(CNC(C)(C)C)o2)n[nH]1. The van der Waals surface area contributed by atoms with E-state index in [1.165, 1.54) is 0 Å². The first kappa shape index (κ1) is 14.7. The number of nitrogens with one attached hydrogen (secondary N) is 2. The predicted molar refractivity (Wildman–Crippen MR) is 77.7 cm³/mol. The van der Waals surface area contributed by atoms with E-state index in [1.807, 2.05) is 26.0 Å². The van der Waals surface area contributed by atoms with Crippen molar-refractivity contribution in [1.82, 2.24) is 15.5 Å². The summed E-state index contributed by atoms with van der Waals surface area (Å²) in [5.41, 5.74) is 2.19. The zero-order valence-corrected chi connectivity index (χ0v) is 12.8. The number of furan rings is 1. The molecule has 0 aliphatic carbocycles. The maximum atomic E-state index is 5.81. The van der Waals surface area contributed by atoms with E-state index in [4.69, 9.17) is 9.15 Å². The summed E-state index contributed by atoms with van der Waals surface area (Å²) in [6, 6.07) is 3.87. The van der Waals surface area contributed by atoms with Crippen LogP contribution in [0.2, 0.25) is 0 Å². The van der Waals surface area contributed by atoms with Gasteiger partial charge in [0.15, 0.2) is 0 Å². The van der Waals surface area contributed by atoms with E-state index < -0.39 is 0 Å². The van der Waals surface area contributed by atoms with Crippen molar-refractivity contribution in [3.8, 4) is 5.88 Å². The summed E-state index contributed by atoms with van der Waals surface area (Å²) in [5.74, 6) is 2.36. The fraction of sp³-hybridized carbons (Fsp3) is 0.533. The summed E-state index contributed by atoms with van der Waals surface area (Å²) in [7, 11) is 0. The Morgan fingerprint density at radius 2 is 2.05 bits per heavy atom. The fourth-order valence-corrected chi connectivity index (χ4v) is 1.79. The fourth-order valence-electron chi connectivity index (χ4n) is 1.79. The molecule has 2 aromatic heterocycles. The van der Waals surface area contributed by atoms with Gasteiger partial charge in [0.2, 0.25) is 5.88 Å². The van der Waals surface area contributed by atoms with Crippen molar-refractivity contribution in [1.29, 1.82) is 0 Å². The van der Waals surface area contributed by atoms with Crippen molar-refractivity contribution in [2.24, 2.45) is 0 Å². The van der Waals surface area contributed by atoms with Gasteiger partial charge in [-0.1, -0.05) is 0 Å². The molecule has 5 nitrogen and oxygen atoms in total. The molecule has 0 radical (unpaired) electrons. The molecule has 0 saturated carbocycles. The Bertz CT molecular complexity index is 564. The summed E-state index contributed by atoms with van der Waals surface area (Å²) in [4.78, 5) is 0. The molecule has 5 heteroatoms. The minimum atomic E-state index is 0.0719. The van der Waals surface area contributed by atoms with Gasteiger partial charge in [-0.25, -0.2) is 0 Å². The van der Waals surface area contributed by atoms with Gasteiger partial charge in [0.1, 0.15) is 18.1 Å². The van der Waals surface area contributed by atoms with Gasteiger partial charge in [0.05, 0.1) is 6.54 Å². The Labute approximate surface area is 119 Å². The third kappa shape index (κ3) is 4.13. The number of aromatic nitrogens is 2. The predicted octanol–water partition coefficient (Wildman–Crippen LogP) is 3.09. The van der Waals surface area contributed by atoms with E-state index in [-0.39, 0.29) is 5.54 Å². The van der Waals surface area contributed by atoms with Gasteiger partial charge >= 0.3 is 0 Å². The van der Waals surface area contributed by atoms with Gasteiger partial charge in [-0.2, -0.15) is 0 Å². The number of nitrogens with zero attached hydrogens (tertiary/aromatic N) is 1. The lowest BCUT2D eigenvalue weighted by Gasteiger charge is -2.19. The molecule has 2 N–H and O–H groups in total. The smallest absolute Gasteiger partial charge is 0.233 e. The topological polar surface area (TPSA) is 63.1 Å². The van der Waals surface area contributed by atoms with Crippen LogP contribution in [-0.2, 0) is 13.2 Å². The average molecular weight is 277 g/mol. The second-order valence-corrected chi connectivity index (χ2v) is 6.10. The van der Waals surface area contributed by atoms with Crippen molar-refractivity contribution >= 4 is 0 Å². The summed E-state index contributed by atoms with van der Waals surface area (Å²) in [6.07, 6.45) is 0. The highest BCUT2D eigenvalue weighted by molar-refractivity contribution is 5.20. The van der Waals surface area contributed by atoms with E-state index >= 15 is 0 Å². The highest BCUT2D eigenvalue weighted by Gasteiger charge is 2.13. The van der Waals surface area contributed by atoms with Gasteiger partial charge in [-0.05, 0) is 46.2 Å². The summed E-state index contributed by atoms with van der Waals surface area (Å²) in [5, 5.41) is 10.3. The molecule has 20 heavy (non-hydrogen) atoms. The number of ether oxygens (including phenoxy) is 1. The quantitative estimate of drug-likeness (QED) is 0.881. The minimum absolute atomic E-state index is 0.0719. The lowest BCUT2D eigenvalue weighted by Crippen LogP contribution is -2.35. The second kappa shape index (κ2) is 5.71. The monoisotopic (exact) mass is 277 g/mol. The zero-order valence-electron chi connectivity index (χ0n) is 12.8. The first-order valence-electron chi connectivity index (χ1n) is 6.81. The van der Waals surface area contributed by atoms with Crippen molar-refractivity contribution in [2.45, 2.75) is 53.3 Å². The third-order valence-electron chi connectivity index (χ3n) is 2.90. The van der Waals surface area contributed by atoms with E-state index in [0.29, 0.717) is 12.5 Å². The highest BCUT2D eigenvalue weighted by atomic mass is 16.5. The molecule has 0 spiro atoms. The molecule has 110 valence electrons. The maximum Gasteiger partial charge on any atom is 0.233 e. The average Bonchev–Trinajstić information content (AvgIpc) is 2.90. The van der Waals surface area contributed by atoms with Crippen LogP contribution in [0.5, 0.6) is 5.88 Å². The summed E-state index contributed by atoms with van der Waals surface area (Å²) in [6.45, 7) is 11.5. The number of hydrogen-bond donors (Lipinski definition) is 2. The molecule has 0 fully saturated rings. The van der Waals surface area contributed by atoms with Gasteiger partial charge in [-0.15, -0.1) is 5.10 Å². The van der Waals surface area contributed by atoms with Crippen LogP contribution < -0.4 is 10.1 Å². The molecule has 0 aliphatic rings. The van der Waals surface area contributed by atoms with Gasteiger partial charge in [0.25, 0.3) is 0 Å². The van der Waals surface area contributed by atoms with E-state index in [0.717, 1.165) is 29.3 Å². The van der Waals surface area contributed by atoms with Crippen LogP contribution in [0, 0.1) is 13.8 Å². The van der Waals surface area contributed by atoms with Gasteiger partial charge in [0, 0.05) is 17.3 Å². The molecule has 0 amide bonds.